The summed E-state index contributed by atoms with van der Waals surface area (Å²) >= 11 is 1.00. The Balaban J connectivity index is 2.00. The lowest BCUT2D eigenvalue weighted by molar-refractivity contribution is -0.142. The van der Waals surface area contributed by atoms with Gasteiger partial charge in [0, 0.05) is 25.3 Å². The predicted octanol–water partition coefficient (Wildman–Crippen LogP) is 4.39. The Morgan fingerprint density at radius 2 is 1.83 bits per heavy atom. The van der Waals surface area contributed by atoms with Crippen molar-refractivity contribution in [2.45, 2.75) is 53.0 Å². The van der Waals surface area contributed by atoms with E-state index in [4.69, 9.17) is 14.0 Å². The van der Waals surface area contributed by atoms with Gasteiger partial charge in [-0.05, 0) is 68.3 Å². The van der Waals surface area contributed by atoms with Crippen molar-refractivity contribution in [3.63, 3.8) is 0 Å². The van der Waals surface area contributed by atoms with Crippen LogP contribution in [0.15, 0.2) is 26.9 Å². The third kappa shape index (κ3) is 5.30. The number of benzene rings is 1. The van der Waals surface area contributed by atoms with E-state index in [1.165, 1.54) is 25.5 Å². The minimum Gasteiger partial charge on any atom is -0.461 e. The van der Waals surface area contributed by atoms with Crippen molar-refractivity contribution in [1.29, 1.82) is 0 Å². The highest BCUT2D eigenvalue weighted by Crippen LogP contribution is 2.33. The van der Waals surface area contributed by atoms with Crippen LogP contribution in [-0.2, 0) is 30.9 Å². The van der Waals surface area contributed by atoms with Gasteiger partial charge in [-0.15, -0.1) is 11.3 Å². The molecule has 0 saturated carbocycles. The van der Waals surface area contributed by atoms with Crippen LogP contribution in [0.4, 0.5) is 11.6 Å². The van der Waals surface area contributed by atoms with E-state index in [1.807, 2.05) is 26.8 Å². The van der Waals surface area contributed by atoms with Crippen molar-refractivity contribution in [2.24, 2.45) is 0 Å². The summed E-state index contributed by atoms with van der Waals surface area (Å²) in [5.41, 5.74) is 4.82. The number of hydrogen-bond acceptors (Lipinski definition) is 9. The molecule has 36 heavy (non-hydrogen) atoms. The van der Waals surface area contributed by atoms with Gasteiger partial charge in [0.15, 0.2) is 0 Å². The number of hydrogen-bond donors (Lipinski definition) is 1. The van der Waals surface area contributed by atoms with Crippen molar-refractivity contribution >= 4 is 44.8 Å². The Morgan fingerprint density at radius 3 is 2.42 bits per heavy atom. The number of sulfonamides is 1. The normalized spacial score (nSPS) is 11.4. The number of aryl methyl sites for hydroxylation is 3. The highest BCUT2D eigenvalue weighted by atomic mass is 32.2. The maximum Gasteiger partial charge on any atom is 0.302 e. The summed E-state index contributed by atoms with van der Waals surface area (Å²) in [7, 11) is -2.88. The Hall–Kier alpha value is -3.22. The van der Waals surface area contributed by atoms with Gasteiger partial charge in [0.1, 0.15) is 23.1 Å². The van der Waals surface area contributed by atoms with Gasteiger partial charge in [0.25, 0.3) is 15.9 Å². The minimum absolute atomic E-state index is 0.00547. The fourth-order valence-corrected chi connectivity index (χ4v) is 6.43. The Bertz CT molecular complexity index is 1410. The molecule has 0 aliphatic carbocycles. The molecule has 0 aliphatic heterocycles. The molecule has 10 nitrogen and oxygen atoms in total. The van der Waals surface area contributed by atoms with Gasteiger partial charge in [0.2, 0.25) is 5.88 Å². The average Bonchev–Trinajstić information content (AvgIpc) is 3.42. The standard InChI is InChI=1S/C24H29N3O7S2/c1-13-10-14(2)21(16(4)19(13)11-33-18(6)28)25-23(29)22-20(8-9-35-22)36(30,31)27(12-32-7)24-15(3)17(5)26-34-24/h8-10H,11-12H2,1-7H3,(H,25,29). The molecule has 0 atom stereocenters. The van der Waals surface area contributed by atoms with E-state index in [-0.39, 0.29) is 29.0 Å². The molecule has 2 aromatic heterocycles. The summed E-state index contributed by atoms with van der Waals surface area (Å²) in [6.07, 6.45) is 0. The highest BCUT2D eigenvalue weighted by Gasteiger charge is 2.34. The quantitative estimate of drug-likeness (QED) is 0.316. The van der Waals surface area contributed by atoms with Crippen molar-refractivity contribution < 1.29 is 32.0 Å². The van der Waals surface area contributed by atoms with E-state index in [0.717, 1.165) is 37.9 Å². The average molecular weight is 536 g/mol. The molecule has 0 bridgehead atoms. The molecule has 0 unspecified atom stereocenters. The summed E-state index contributed by atoms with van der Waals surface area (Å²) in [6.45, 7) is 10.0. The molecule has 194 valence electrons. The number of rotatable bonds is 9. The monoisotopic (exact) mass is 535 g/mol. The summed E-state index contributed by atoms with van der Waals surface area (Å²) in [4.78, 5) is 24.5. The first-order valence-electron chi connectivity index (χ1n) is 11.0. The van der Waals surface area contributed by atoms with Crippen LogP contribution in [0.5, 0.6) is 0 Å². The second-order valence-electron chi connectivity index (χ2n) is 8.31. The zero-order chi connectivity index (χ0) is 26.8. The lowest BCUT2D eigenvalue weighted by Crippen LogP contribution is -2.34. The zero-order valence-corrected chi connectivity index (χ0v) is 22.8. The molecular formula is C24H29N3O7S2. The number of carbonyl (C=O) groups is 2. The number of nitrogens with one attached hydrogen (secondary N) is 1. The summed E-state index contributed by atoms with van der Waals surface area (Å²) < 4.78 is 43.8. The molecule has 0 aliphatic rings. The Morgan fingerprint density at radius 1 is 1.14 bits per heavy atom. The molecular weight excluding hydrogens is 506 g/mol. The fraction of sp³-hybridized carbons (Fsp3) is 0.375. The topological polar surface area (TPSA) is 128 Å². The molecule has 0 spiro atoms. The van der Waals surface area contributed by atoms with Crippen molar-refractivity contribution in [3.8, 4) is 0 Å². The van der Waals surface area contributed by atoms with E-state index in [1.54, 1.807) is 13.8 Å². The molecule has 3 aromatic rings. The third-order valence-corrected chi connectivity index (χ3v) is 8.59. The van der Waals surface area contributed by atoms with Gasteiger partial charge in [-0.25, -0.2) is 12.7 Å². The van der Waals surface area contributed by atoms with Crippen LogP contribution in [0.1, 0.15) is 50.1 Å². The molecule has 12 heteroatoms. The largest absolute Gasteiger partial charge is 0.461 e. The number of carbonyl (C=O) groups excluding carboxylic acids is 2. The zero-order valence-electron chi connectivity index (χ0n) is 21.2. The first-order valence-corrected chi connectivity index (χ1v) is 13.3. The maximum atomic E-state index is 13.6. The molecule has 3 rings (SSSR count). The summed E-state index contributed by atoms with van der Waals surface area (Å²) in [5, 5.41) is 8.23. The van der Waals surface area contributed by atoms with Crippen LogP contribution in [0.3, 0.4) is 0 Å². The highest BCUT2D eigenvalue weighted by molar-refractivity contribution is 7.93. The lowest BCUT2D eigenvalue weighted by Gasteiger charge is -2.21. The Labute approximate surface area is 214 Å². The van der Waals surface area contributed by atoms with E-state index < -0.39 is 21.9 Å². The molecule has 0 saturated heterocycles. The van der Waals surface area contributed by atoms with E-state index in [9.17, 15) is 18.0 Å². The fourth-order valence-electron chi connectivity index (χ4n) is 3.76. The van der Waals surface area contributed by atoms with E-state index in [0.29, 0.717) is 16.9 Å². The van der Waals surface area contributed by atoms with Crippen LogP contribution >= 0.6 is 11.3 Å². The van der Waals surface area contributed by atoms with Crippen molar-refractivity contribution in [2.75, 3.05) is 23.5 Å². The number of ether oxygens (including phenoxy) is 2. The molecule has 1 N–H and O–H groups in total. The first-order chi connectivity index (χ1) is 16.9. The number of nitrogens with zero attached hydrogens (tertiary/aromatic N) is 2. The number of anilines is 2. The molecule has 0 radical (unpaired) electrons. The van der Waals surface area contributed by atoms with Crippen molar-refractivity contribution in [1.82, 2.24) is 5.16 Å². The maximum absolute atomic E-state index is 13.6. The van der Waals surface area contributed by atoms with Gasteiger partial charge < -0.3 is 19.3 Å². The van der Waals surface area contributed by atoms with Crippen LogP contribution in [-0.4, -0.2) is 39.3 Å². The second kappa shape index (κ2) is 10.8. The van der Waals surface area contributed by atoms with Gasteiger partial charge in [-0.3, -0.25) is 9.59 Å². The lowest BCUT2D eigenvalue weighted by atomic mass is 9.97. The molecule has 2 heterocycles. The smallest absolute Gasteiger partial charge is 0.302 e. The van der Waals surface area contributed by atoms with Crippen LogP contribution in [0, 0.1) is 34.6 Å². The first kappa shape index (κ1) is 27.4. The van der Waals surface area contributed by atoms with Crippen LogP contribution < -0.4 is 9.62 Å². The van der Waals surface area contributed by atoms with Gasteiger partial charge >= 0.3 is 5.97 Å². The van der Waals surface area contributed by atoms with E-state index >= 15 is 0 Å². The number of esters is 1. The van der Waals surface area contributed by atoms with Gasteiger partial charge in [-0.1, -0.05) is 11.2 Å². The van der Waals surface area contributed by atoms with Gasteiger partial charge in [0.05, 0.1) is 5.69 Å². The van der Waals surface area contributed by atoms with E-state index in [2.05, 4.69) is 10.5 Å². The van der Waals surface area contributed by atoms with Crippen LogP contribution in [0.2, 0.25) is 0 Å². The molecule has 0 fully saturated rings. The number of amides is 1. The van der Waals surface area contributed by atoms with Gasteiger partial charge in [-0.2, -0.15) is 0 Å². The SMILES string of the molecule is COCN(c1onc(C)c1C)S(=O)(=O)c1ccsc1C(=O)Nc1c(C)cc(C)c(COC(C)=O)c1C. The third-order valence-electron chi connectivity index (χ3n) is 5.80. The summed E-state index contributed by atoms with van der Waals surface area (Å²) in [5.74, 6) is -0.974. The summed E-state index contributed by atoms with van der Waals surface area (Å²) in [6, 6.07) is 3.25. The Kier molecular flexibility index (Phi) is 8.22. The molecule has 1 amide bonds. The molecule has 1 aromatic carbocycles. The van der Waals surface area contributed by atoms with Crippen molar-refractivity contribution in [3.05, 3.63) is 55.9 Å². The minimum atomic E-state index is -4.24. The van der Waals surface area contributed by atoms with Crippen LogP contribution in [0.25, 0.3) is 0 Å². The number of methoxy groups -OCH3 is 1. The number of thiophene rings is 1. The number of aromatic nitrogens is 1. The second-order valence-corrected chi connectivity index (χ2v) is 11.1. The predicted molar refractivity (Wildman–Crippen MR) is 136 cm³/mol.